The summed E-state index contributed by atoms with van der Waals surface area (Å²) in [4.78, 5) is 19.7. The minimum Gasteiger partial charge on any atom is -0.393 e. The Balaban J connectivity index is 1.43. The Hall–Kier alpha value is -2.99. The summed E-state index contributed by atoms with van der Waals surface area (Å²) in [5, 5.41) is 13.8. The fraction of sp³-hybridized carbons (Fsp3) is 0.360. The second-order valence-corrected chi connectivity index (χ2v) is 8.75. The Bertz CT molecular complexity index is 1150. The van der Waals surface area contributed by atoms with Crippen molar-refractivity contribution in [2.75, 3.05) is 18.0 Å². The molecule has 2 aliphatic rings. The third-order valence-electron chi connectivity index (χ3n) is 6.63. The molecule has 2 N–H and O–H groups in total. The average Bonchev–Trinajstić information content (AvgIpc) is 3.55. The predicted molar refractivity (Wildman–Crippen MR) is 119 cm³/mol. The number of aliphatic hydroxyl groups excluding tert-OH is 1. The predicted octanol–water partition coefficient (Wildman–Crippen LogP) is 4.06. The van der Waals surface area contributed by atoms with E-state index in [1.807, 2.05) is 31.2 Å². The van der Waals surface area contributed by atoms with Crippen LogP contribution in [0.3, 0.4) is 0 Å². The molecule has 0 unspecified atom stereocenters. The number of carbonyl (C=O) groups excluding carboxylic acids is 1. The van der Waals surface area contributed by atoms with Gasteiger partial charge in [-0.2, -0.15) is 0 Å². The molecule has 31 heavy (non-hydrogen) atoms. The number of fused-ring (bicyclic) bond motifs is 1. The van der Waals surface area contributed by atoms with E-state index in [2.05, 4.69) is 15.2 Å². The van der Waals surface area contributed by atoms with Crippen LogP contribution in [0.2, 0.25) is 0 Å². The number of hydrogen-bond donors (Lipinski definition) is 2. The highest BCUT2D eigenvalue weighted by Crippen LogP contribution is 2.48. The molecule has 6 heteroatoms. The number of nitrogens with zero attached hydrogens (tertiary/aromatic N) is 2. The highest BCUT2D eigenvalue weighted by Gasteiger charge is 2.47. The molecule has 1 aliphatic heterocycles. The maximum absolute atomic E-state index is 14.2. The van der Waals surface area contributed by atoms with Crippen LogP contribution in [0.4, 0.5) is 10.1 Å². The number of hydrogen-bond acceptors (Lipinski definition) is 4. The Kier molecular flexibility index (Phi) is 4.89. The van der Waals surface area contributed by atoms with Gasteiger partial charge in [0, 0.05) is 35.9 Å². The van der Waals surface area contributed by atoms with Crippen molar-refractivity contribution in [2.45, 2.75) is 44.2 Å². The van der Waals surface area contributed by atoms with Crippen molar-refractivity contribution in [2.24, 2.45) is 0 Å². The lowest BCUT2D eigenvalue weighted by Gasteiger charge is -2.32. The molecule has 0 radical (unpaired) electrons. The number of nitrogens with one attached hydrogen (secondary N) is 1. The summed E-state index contributed by atoms with van der Waals surface area (Å²) >= 11 is 0. The smallest absolute Gasteiger partial charge is 0.252 e. The van der Waals surface area contributed by atoms with Crippen LogP contribution in [-0.2, 0) is 5.54 Å². The van der Waals surface area contributed by atoms with Crippen molar-refractivity contribution in [1.82, 2.24) is 10.3 Å². The summed E-state index contributed by atoms with van der Waals surface area (Å²) in [5.74, 6) is -0.466. The van der Waals surface area contributed by atoms with Gasteiger partial charge >= 0.3 is 0 Å². The number of carbonyl (C=O) groups is 1. The minimum atomic E-state index is -0.482. The molecule has 0 atom stereocenters. The topological polar surface area (TPSA) is 65.5 Å². The Labute approximate surface area is 180 Å². The first kappa shape index (κ1) is 19.9. The molecular weight excluding hydrogens is 393 g/mol. The van der Waals surface area contributed by atoms with E-state index in [0.717, 1.165) is 61.0 Å². The summed E-state index contributed by atoms with van der Waals surface area (Å²) < 4.78 is 14.2. The van der Waals surface area contributed by atoms with Gasteiger partial charge in [0.05, 0.1) is 11.6 Å². The van der Waals surface area contributed by atoms with Crippen molar-refractivity contribution in [1.29, 1.82) is 0 Å². The molecule has 160 valence electrons. The first-order valence-corrected chi connectivity index (χ1v) is 10.9. The van der Waals surface area contributed by atoms with Crippen LogP contribution in [0.15, 0.2) is 48.7 Å². The van der Waals surface area contributed by atoms with E-state index in [-0.39, 0.29) is 17.8 Å². The van der Waals surface area contributed by atoms with E-state index < -0.39 is 5.54 Å². The van der Waals surface area contributed by atoms with Crippen LogP contribution < -0.4 is 10.2 Å². The second kappa shape index (κ2) is 7.61. The number of pyridine rings is 1. The third kappa shape index (κ3) is 3.65. The standard InChI is InChI=1S/C25H26FN3O2/c1-16-4-5-17(29-13-8-18(30)9-14-29)15-20(16)24(31)28-25(10-11-25)21-6-7-22(26)23-19(21)3-2-12-27-23/h2-7,12,15,18,30H,8-11,13-14H2,1H3,(H,28,31). The second-order valence-electron chi connectivity index (χ2n) is 8.75. The van der Waals surface area contributed by atoms with E-state index in [0.29, 0.717) is 11.1 Å². The summed E-state index contributed by atoms with van der Waals surface area (Å²) in [7, 11) is 0. The van der Waals surface area contributed by atoms with E-state index in [9.17, 15) is 14.3 Å². The fourth-order valence-electron chi connectivity index (χ4n) is 4.60. The summed E-state index contributed by atoms with van der Waals surface area (Å²) in [5.41, 5.74) is 3.35. The van der Waals surface area contributed by atoms with E-state index in [1.54, 1.807) is 18.3 Å². The molecule has 0 spiro atoms. The highest BCUT2D eigenvalue weighted by molar-refractivity contribution is 5.98. The number of rotatable bonds is 4. The molecule has 0 bridgehead atoms. The SMILES string of the molecule is Cc1ccc(N2CCC(O)CC2)cc1C(=O)NC1(c2ccc(F)c3ncccc23)CC1. The molecule has 3 aromatic rings. The van der Waals surface area contributed by atoms with Crippen molar-refractivity contribution in [3.63, 3.8) is 0 Å². The molecule has 1 amide bonds. The number of aryl methyl sites for hydroxylation is 1. The van der Waals surface area contributed by atoms with Gasteiger partial charge in [-0.25, -0.2) is 4.39 Å². The van der Waals surface area contributed by atoms with Crippen LogP contribution >= 0.6 is 0 Å². The Morgan fingerprint density at radius 2 is 1.97 bits per heavy atom. The number of anilines is 1. The monoisotopic (exact) mass is 419 g/mol. The van der Waals surface area contributed by atoms with Crippen LogP contribution in [0, 0.1) is 12.7 Å². The first-order chi connectivity index (χ1) is 15.0. The zero-order chi connectivity index (χ0) is 21.6. The van der Waals surface area contributed by atoms with Gasteiger partial charge in [0.25, 0.3) is 5.91 Å². The quantitative estimate of drug-likeness (QED) is 0.669. The third-order valence-corrected chi connectivity index (χ3v) is 6.63. The normalized spacial score (nSPS) is 18.2. The molecule has 5 nitrogen and oxygen atoms in total. The molecule has 2 aromatic carbocycles. The molecule has 1 aliphatic carbocycles. The molecule has 2 fully saturated rings. The molecule has 1 saturated heterocycles. The lowest BCUT2D eigenvalue weighted by atomic mass is 9.97. The number of aliphatic hydroxyl groups is 1. The van der Waals surface area contributed by atoms with E-state index in [4.69, 9.17) is 0 Å². The lowest BCUT2D eigenvalue weighted by molar-refractivity contribution is 0.0930. The van der Waals surface area contributed by atoms with Crippen LogP contribution in [0.25, 0.3) is 10.9 Å². The molecule has 1 saturated carbocycles. The number of piperidine rings is 1. The summed E-state index contributed by atoms with van der Waals surface area (Å²) in [6, 6.07) is 12.8. The Morgan fingerprint density at radius 3 is 2.71 bits per heavy atom. The van der Waals surface area contributed by atoms with Gasteiger partial charge in [0.2, 0.25) is 0 Å². The maximum Gasteiger partial charge on any atom is 0.252 e. The number of amides is 1. The molecule has 1 aromatic heterocycles. The van der Waals surface area contributed by atoms with Crippen LogP contribution in [-0.4, -0.2) is 35.2 Å². The molecular formula is C25H26FN3O2. The average molecular weight is 420 g/mol. The first-order valence-electron chi connectivity index (χ1n) is 10.9. The molecule has 5 rings (SSSR count). The summed E-state index contributed by atoms with van der Waals surface area (Å²) in [6.45, 7) is 3.50. The van der Waals surface area contributed by atoms with Crippen molar-refractivity contribution < 1.29 is 14.3 Å². The maximum atomic E-state index is 14.2. The largest absolute Gasteiger partial charge is 0.393 e. The fourth-order valence-corrected chi connectivity index (χ4v) is 4.60. The van der Waals surface area contributed by atoms with Gasteiger partial charge in [0.15, 0.2) is 0 Å². The van der Waals surface area contributed by atoms with Crippen molar-refractivity contribution in [3.8, 4) is 0 Å². The van der Waals surface area contributed by atoms with Gasteiger partial charge in [-0.15, -0.1) is 0 Å². The van der Waals surface area contributed by atoms with Crippen LogP contribution in [0.1, 0.15) is 47.2 Å². The molecule has 2 heterocycles. The van der Waals surface area contributed by atoms with Crippen molar-refractivity contribution in [3.05, 3.63) is 71.2 Å². The van der Waals surface area contributed by atoms with Crippen molar-refractivity contribution >= 4 is 22.5 Å². The number of aromatic nitrogens is 1. The Morgan fingerprint density at radius 1 is 1.19 bits per heavy atom. The minimum absolute atomic E-state index is 0.116. The lowest BCUT2D eigenvalue weighted by Crippen LogP contribution is -2.37. The van der Waals surface area contributed by atoms with Gasteiger partial charge < -0.3 is 15.3 Å². The zero-order valence-corrected chi connectivity index (χ0v) is 17.6. The van der Waals surface area contributed by atoms with Gasteiger partial charge in [0.1, 0.15) is 11.3 Å². The number of halogens is 1. The van der Waals surface area contributed by atoms with Gasteiger partial charge in [-0.3, -0.25) is 9.78 Å². The van der Waals surface area contributed by atoms with Gasteiger partial charge in [-0.05, 0) is 68.0 Å². The van der Waals surface area contributed by atoms with E-state index in [1.165, 1.54) is 6.07 Å². The van der Waals surface area contributed by atoms with Crippen LogP contribution in [0.5, 0.6) is 0 Å². The number of benzene rings is 2. The highest BCUT2D eigenvalue weighted by atomic mass is 19.1. The van der Waals surface area contributed by atoms with E-state index >= 15 is 0 Å². The van der Waals surface area contributed by atoms with Gasteiger partial charge in [-0.1, -0.05) is 18.2 Å². The summed E-state index contributed by atoms with van der Waals surface area (Å²) in [6.07, 6.45) is 4.46. The zero-order valence-electron chi connectivity index (χ0n) is 17.6.